The molecule has 1 unspecified atom stereocenters. The lowest BCUT2D eigenvalue weighted by Gasteiger charge is -2.25. The van der Waals surface area contributed by atoms with Crippen molar-refractivity contribution >= 4 is 41.3 Å². The predicted octanol–water partition coefficient (Wildman–Crippen LogP) is 2.85. The van der Waals surface area contributed by atoms with Crippen LogP contribution in [0.25, 0.3) is 0 Å². The average molecular weight is 420 g/mol. The normalized spacial score (nSPS) is 16.9. The Bertz CT molecular complexity index is 448. The van der Waals surface area contributed by atoms with Crippen molar-refractivity contribution in [3.05, 3.63) is 34.5 Å². The fraction of sp³-hybridized carbons (Fsp3) is 0.533. The van der Waals surface area contributed by atoms with Crippen molar-refractivity contribution in [3.63, 3.8) is 0 Å². The standard InChI is InChI=1S/C15H24N4S.HI/c1-16-15(18-12-7-4-5-8-12)17-11-13(19(2)3)14-9-6-10-20-14;/h4-6,9-10,12-13H,7-8,11H2,1-3H3,(H2,16,17,18);1H. The van der Waals surface area contributed by atoms with Crippen molar-refractivity contribution in [3.8, 4) is 0 Å². The van der Waals surface area contributed by atoms with Crippen LogP contribution >= 0.6 is 35.3 Å². The van der Waals surface area contributed by atoms with Gasteiger partial charge in [0.1, 0.15) is 0 Å². The second kappa shape index (κ2) is 9.42. The summed E-state index contributed by atoms with van der Waals surface area (Å²) in [6.45, 7) is 0.854. The third-order valence-corrected chi connectivity index (χ3v) is 4.50. The number of guanidine groups is 1. The van der Waals surface area contributed by atoms with E-state index in [-0.39, 0.29) is 24.0 Å². The first-order chi connectivity index (χ1) is 9.70. The second-order valence-electron chi connectivity index (χ2n) is 5.23. The van der Waals surface area contributed by atoms with Gasteiger partial charge in [-0.1, -0.05) is 18.2 Å². The summed E-state index contributed by atoms with van der Waals surface area (Å²) in [5.74, 6) is 0.891. The van der Waals surface area contributed by atoms with E-state index < -0.39 is 0 Å². The van der Waals surface area contributed by atoms with E-state index in [1.54, 1.807) is 11.3 Å². The zero-order valence-corrected chi connectivity index (χ0v) is 16.0. The van der Waals surface area contributed by atoms with Crippen molar-refractivity contribution in [1.29, 1.82) is 0 Å². The van der Waals surface area contributed by atoms with Gasteiger partial charge in [-0.3, -0.25) is 4.99 Å². The minimum atomic E-state index is 0. The van der Waals surface area contributed by atoms with Gasteiger partial charge in [0.2, 0.25) is 0 Å². The summed E-state index contributed by atoms with van der Waals surface area (Å²) in [6.07, 6.45) is 6.61. The molecule has 1 heterocycles. The highest BCUT2D eigenvalue weighted by Gasteiger charge is 2.17. The fourth-order valence-corrected chi connectivity index (χ4v) is 3.26. The molecular weight excluding hydrogens is 395 g/mol. The number of nitrogens with zero attached hydrogens (tertiary/aromatic N) is 2. The molecular formula is C15H25IN4S. The van der Waals surface area contributed by atoms with Crippen LogP contribution in [-0.4, -0.2) is 44.6 Å². The van der Waals surface area contributed by atoms with Crippen molar-refractivity contribution in [2.24, 2.45) is 4.99 Å². The Balaban J connectivity index is 0.00000220. The Morgan fingerprint density at radius 3 is 2.67 bits per heavy atom. The molecule has 0 saturated carbocycles. The number of nitrogens with one attached hydrogen (secondary N) is 2. The lowest BCUT2D eigenvalue weighted by atomic mass is 10.2. The van der Waals surface area contributed by atoms with Crippen LogP contribution in [0.2, 0.25) is 0 Å². The van der Waals surface area contributed by atoms with Crippen LogP contribution in [0.4, 0.5) is 0 Å². The van der Waals surface area contributed by atoms with Gasteiger partial charge in [0, 0.05) is 24.5 Å². The van der Waals surface area contributed by atoms with Gasteiger partial charge >= 0.3 is 0 Å². The first-order valence-corrected chi connectivity index (χ1v) is 7.90. The Kier molecular flexibility index (Phi) is 8.28. The molecule has 0 spiro atoms. The molecule has 0 amide bonds. The molecule has 1 aliphatic carbocycles. The van der Waals surface area contributed by atoms with Crippen LogP contribution in [0.3, 0.4) is 0 Å². The zero-order chi connectivity index (χ0) is 14.4. The number of hydrogen-bond acceptors (Lipinski definition) is 3. The Morgan fingerprint density at radius 2 is 2.14 bits per heavy atom. The summed E-state index contributed by atoms with van der Waals surface area (Å²) in [5, 5.41) is 9.04. The van der Waals surface area contributed by atoms with E-state index in [0.717, 1.165) is 25.3 Å². The molecule has 4 nitrogen and oxygen atoms in total. The Morgan fingerprint density at radius 1 is 1.43 bits per heavy atom. The minimum absolute atomic E-state index is 0. The zero-order valence-electron chi connectivity index (χ0n) is 12.9. The van der Waals surface area contributed by atoms with Gasteiger partial charge in [0.15, 0.2) is 5.96 Å². The van der Waals surface area contributed by atoms with Gasteiger partial charge in [-0.05, 0) is 38.4 Å². The minimum Gasteiger partial charge on any atom is -0.354 e. The van der Waals surface area contributed by atoms with E-state index in [2.05, 4.69) is 64.3 Å². The summed E-state index contributed by atoms with van der Waals surface area (Å²) in [7, 11) is 6.06. The van der Waals surface area contributed by atoms with Gasteiger partial charge in [-0.2, -0.15) is 0 Å². The summed E-state index contributed by atoms with van der Waals surface area (Å²) in [6, 6.07) is 5.15. The van der Waals surface area contributed by atoms with Crippen molar-refractivity contribution in [2.45, 2.75) is 24.9 Å². The highest BCUT2D eigenvalue weighted by atomic mass is 127. The largest absolute Gasteiger partial charge is 0.354 e. The highest BCUT2D eigenvalue weighted by molar-refractivity contribution is 14.0. The molecule has 21 heavy (non-hydrogen) atoms. The Labute approximate surface area is 148 Å². The molecule has 1 aromatic rings. The first-order valence-electron chi connectivity index (χ1n) is 7.02. The van der Waals surface area contributed by atoms with Crippen LogP contribution < -0.4 is 10.6 Å². The first kappa shape index (κ1) is 18.4. The highest BCUT2D eigenvalue weighted by Crippen LogP contribution is 2.22. The molecule has 6 heteroatoms. The summed E-state index contributed by atoms with van der Waals surface area (Å²) >= 11 is 1.80. The lowest BCUT2D eigenvalue weighted by Crippen LogP contribution is -2.45. The SMILES string of the molecule is CN=C(NCC(c1cccs1)N(C)C)NC1CC=CC1.I. The molecule has 0 bridgehead atoms. The van der Waals surface area contributed by atoms with Crippen LogP contribution in [0.15, 0.2) is 34.7 Å². The molecule has 2 rings (SSSR count). The maximum atomic E-state index is 4.32. The van der Waals surface area contributed by atoms with E-state index in [1.807, 2.05) is 7.05 Å². The molecule has 1 atom stereocenters. The van der Waals surface area contributed by atoms with Crippen molar-refractivity contribution in [1.82, 2.24) is 15.5 Å². The molecule has 118 valence electrons. The number of aliphatic imine (C=N–C) groups is 1. The monoisotopic (exact) mass is 420 g/mol. The molecule has 0 saturated heterocycles. The smallest absolute Gasteiger partial charge is 0.191 e. The van der Waals surface area contributed by atoms with Gasteiger partial charge in [-0.25, -0.2) is 0 Å². The number of rotatable bonds is 5. The molecule has 1 aliphatic rings. The summed E-state index contributed by atoms with van der Waals surface area (Å²) in [5.41, 5.74) is 0. The van der Waals surface area contributed by atoms with Gasteiger partial charge in [-0.15, -0.1) is 35.3 Å². The van der Waals surface area contributed by atoms with Crippen LogP contribution in [0.5, 0.6) is 0 Å². The fourth-order valence-electron chi connectivity index (χ4n) is 2.33. The van der Waals surface area contributed by atoms with Crippen LogP contribution in [0, 0.1) is 0 Å². The topological polar surface area (TPSA) is 39.7 Å². The maximum Gasteiger partial charge on any atom is 0.191 e. The molecule has 1 aromatic heterocycles. The maximum absolute atomic E-state index is 4.32. The second-order valence-corrected chi connectivity index (χ2v) is 6.21. The molecule has 0 fully saturated rings. The van der Waals surface area contributed by atoms with Gasteiger partial charge in [0.05, 0.1) is 6.04 Å². The van der Waals surface area contributed by atoms with E-state index in [9.17, 15) is 0 Å². The predicted molar refractivity (Wildman–Crippen MR) is 103 cm³/mol. The number of halogens is 1. The summed E-state index contributed by atoms with van der Waals surface area (Å²) < 4.78 is 0. The Hall–Kier alpha value is -0.600. The molecule has 2 N–H and O–H groups in total. The van der Waals surface area contributed by atoms with E-state index in [4.69, 9.17) is 0 Å². The van der Waals surface area contributed by atoms with E-state index in [1.165, 1.54) is 4.88 Å². The van der Waals surface area contributed by atoms with Crippen molar-refractivity contribution in [2.75, 3.05) is 27.7 Å². The molecule has 0 radical (unpaired) electrons. The lowest BCUT2D eigenvalue weighted by molar-refractivity contribution is 0.302. The number of hydrogen-bond donors (Lipinski definition) is 2. The third kappa shape index (κ3) is 5.60. The summed E-state index contributed by atoms with van der Waals surface area (Å²) in [4.78, 5) is 7.93. The van der Waals surface area contributed by atoms with Crippen LogP contribution in [-0.2, 0) is 0 Å². The average Bonchev–Trinajstić information content (AvgIpc) is 3.10. The van der Waals surface area contributed by atoms with E-state index in [0.29, 0.717) is 12.1 Å². The molecule has 0 aliphatic heterocycles. The number of thiophene rings is 1. The van der Waals surface area contributed by atoms with E-state index >= 15 is 0 Å². The van der Waals surface area contributed by atoms with Crippen LogP contribution in [0.1, 0.15) is 23.8 Å². The third-order valence-electron chi connectivity index (χ3n) is 3.53. The van der Waals surface area contributed by atoms with Gasteiger partial charge < -0.3 is 15.5 Å². The quantitative estimate of drug-likeness (QED) is 0.333. The molecule has 0 aromatic carbocycles. The van der Waals surface area contributed by atoms with Gasteiger partial charge in [0.25, 0.3) is 0 Å². The number of likely N-dealkylation sites (N-methyl/N-ethyl adjacent to an activating group) is 1. The van der Waals surface area contributed by atoms with Crippen molar-refractivity contribution < 1.29 is 0 Å².